The number of halogens is 1. The zero-order chi connectivity index (χ0) is 18.6. The Morgan fingerprint density at radius 2 is 1.81 bits per heavy atom. The molecule has 1 atom stereocenters. The Morgan fingerprint density at radius 1 is 1.00 bits per heavy atom. The third kappa shape index (κ3) is 4.18. The summed E-state index contributed by atoms with van der Waals surface area (Å²) < 4.78 is 13.6. The molecule has 144 valence electrons. The summed E-state index contributed by atoms with van der Waals surface area (Å²) in [5.74, 6) is 0.887. The Morgan fingerprint density at radius 3 is 2.63 bits per heavy atom. The molecule has 27 heavy (non-hydrogen) atoms. The van der Waals surface area contributed by atoms with E-state index in [0.717, 1.165) is 50.5 Å². The third-order valence-corrected chi connectivity index (χ3v) is 5.93. The molecule has 0 saturated carbocycles. The molecule has 4 rings (SSSR count). The number of benzene rings is 1. The zero-order valence-electron chi connectivity index (χ0n) is 16.1. The minimum absolute atomic E-state index is 0.178. The molecule has 0 unspecified atom stereocenters. The van der Waals surface area contributed by atoms with Crippen LogP contribution >= 0.6 is 0 Å². The molecule has 0 radical (unpaired) electrons. The van der Waals surface area contributed by atoms with Gasteiger partial charge in [0.05, 0.1) is 0 Å². The largest absolute Gasteiger partial charge is 0.371 e. The van der Waals surface area contributed by atoms with Crippen LogP contribution in [0.4, 0.5) is 21.6 Å². The van der Waals surface area contributed by atoms with Crippen LogP contribution in [-0.4, -0.2) is 44.3 Å². The Kier molecular flexibility index (Phi) is 5.46. The highest BCUT2D eigenvalue weighted by molar-refractivity contribution is 5.56. The van der Waals surface area contributed by atoms with Crippen LogP contribution in [-0.2, 0) is 0 Å². The van der Waals surface area contributed by atoms with E-state index in [9.17, 15) is 4.39 Å². The van der Waals surface area contributed by atoms with E-state index >= 15 is 0 Å². The SMILES string of the molecule is CN(c1cccc(F)c1)[C@@H]1CCCN(c2cc(N3CCCCC3)ccn2)C1. The highest BCUT2D eigenvalue weighted by Crippen LogP contribution is 2.27. The Balaban J connectivity index is 1.48. The Bertz CT molecular complexity index is 759. The van der Waals surface area contributed by atoms with Crippen molar-refractivity contribution in [2.75, 3.05) is 47.9 Å². The highest BCUT2D eigenvalue weighted by atomic mass is 19.1. The number of nitrogens with zero attached hydrogens (tertiary/aromatic N) is 4. The topological polar surface area (TPSA) is 22.6 Å². The minimum Gasteiger partial charge on any atom is -0.371 e. The van der Waals surface area contributed by atoms with Gasteiger partial charge in [-0.05, 0) is 56.4 Å². The highest BCUT2D eigenvalue weighted by Gasteiger charge is 2.25. The molecule has 5 heteroatoms. The van der Waals surface area contributed by atoms with Gasteiger partial charge in [-0.1, -0.05) is 6.07 Å². The number of hydrogen-bond donors (Lipinski definition) is 0. The summed E-state index contributed by atoms with van der Waals surface area (Å²) in [6, 6.07) is 11.6. The molecule has 2 fully saturated rings. The van der Waals surface area contributed by atoms with Crippen LogP contribution in [0.2, 0.25) is 0 Å². The van der Waals surface area contributed by atoms with Gasteiger partial charge in [-0.15, -0.1) is 0 Å². The lowest BCUT2D eigenvalue weighted by Crippen LogP contribution is -2.47. The summed E-state index contributed by atoms with van der Waals surface area (Å²) >= 11 is 0. The number of rotatable bonds is 4. The zero-order valence-corrected chi connectivity index (χ0v) is 16.1. The Labute approximate surface area is 161 Å². The third-order valence-electron chi connectivity index (χ3n) is 5.93. The molecule has 0 bridgehead atoms. The van der Waals surface area contributed by atoms with E-state index in [4.69, 9.17) is 0 Å². The van der Waals surface area contributed by atoms with Crippen LogP contribution in [0.3, 0.4) is 0 Å². The van der Waals surface area contributed by atoms with Gasteiger partial charge in [-0.25, -0.2) is 9.37 Å². The molecular weight excluding hydrogens is 339 g/mol. The molecule has 1 aromatic heterocycles. The summed E-state index contributed by atoms with van der Waals surface area (Å²) in [5.41, 5.74) is 2.23. The summed E-state index contributed by atoms with van der Waals surface area (Å²) in [6.07, 6.45) is 8.09. The van der Waals surface area contributed by atoms with Crippen molar-refractivity contribution in [3.63, 3.8) is 0 Å². The van der Waals surface area contributed by atoms with E-state index in [2.05, 4.69) is 38.9 Å². The van der Waals surface area contributed by atoms with Crippen LogP contribution in [0.1, 0.15) is 32.1 Å². The van der Waals surface area contributed by atoms with E-state index in [1.807, 2.05) is 12.3 Å². The van der Waals surface area contributed by atoms with E-state index in [0.29, 0.717) is 6.04 Å². The second-order valence-corrected chi connectivity index (χ2v) is 7.75. The molecule has 2 saturated heterocycles. The van der Waals surface area contributed by atoms with E-state index in [1.54, 1.807) is 12.1 Å². The quantitative estimate of drug-likeness (QED) is 0.802. The first-order valence-corrected chi connectivity index (χ1v) is 10.1. The van der Waals surface area contributed by atoms with Crippen molar-refractivity contribution >= 4 is 17.2 Å². The molecule has 1 aromatic carbocycles. The van der Waals surface area contributed by atoms with Crippen LogP contribution in [0.15, 0.2) is 42.6 Å². The molecule has 0 aliphatic carbocycles. The van der Waals surface area contributed by atoms with Crippen molar-refractivity contribution in [2.45, 2.75) is 38.1 Å². The van der Waals surface area contributed by atoms with Gasteiger partial charge in [0.25, 0.3) is 0 Å². The maximum atomic E-state index is 13.6. The minimum atomic E-state index is -0.178. The number of hydrogen-bond acceptors (Lipinski definition) is 4. The number of aromatic nitrogens is 1. The van der Waals surface area contributed by atoms with Crippen LogP contribution < -0.4 is 14.7 Å². The van der Waals surface area contributed by atoms with Crippen molar-refractivity contribution in [3.05, 3.63) is 48.4 Å². The molecule has 2 aliphatic heterocycles. The predicted molar refractivity (Wildman–Crippen MR) is 110 cm³/mol. The molecule has 3 heterocycles. The first-order chi connectivity index (χ1) is 13.2. The first kappa shape index (κ1) is 18.1. The van der Waals surface area contributed by atoms with Crippen molar-refractivity contribution in [1.29, 1.82) is 0 Å². The fourth-order valence-electron chi connectivity index (χ4n) is 4.31. The van der Waals surface area contributed by atoms with E-state index in [-0.39, 0.29) is 5.82 Å². The normalized spacial score (nSPS) is 20.6. The monoisotopic (exact) mass is 368 g/mol. The molecule has 0 N–H and O–H groups in total. The van der Waals surface area contributed by atoms with Crippen LogP contribution in [0.25, 0.3) is 0 Å². The van der Waals surface area contributed by atoms with Gasteiger partial charge in [-0.2, -0.15) is 0 Å². The second kappa shape index (κ2) is 8.15. The summed E-state index contributed by atoms with van der Waals surface area (Å²) in [7, 11) is 2.07. The maximum Gasteiger partial charge on any atom is 0.130 e. The van der Waals surface area contributed by atoms with Gasteiger partial charge in [0.1, 0.15) is 11.6 Å². The van der Waals surface area contributed by atoms with Gasteiger partial charge >= 0.3 is 0 Å². The van der Waals surface area contributed by atoms with Gasteiger partial charge in [0.15, 0.2) is 0 Å². The van der Waals surface area contributed by atoms with Crippen molar-refractivity contribution < 1.29 is 4.39 Å². The fraction of sp³-hybridized carbons (Fsp3) is 0.500. The van der Waals surface area contributed by atoms with Crippen LogP contribution in [0.5, 0.6) is 0 Å². The van der Waals surface area contributed by atoms with Gasteiger partial charge in [0, 0.05) is 62.9 Å². The average molecular weight is 369 g/mol. The summed E-state index contributed by atoms with van der Waals surface area (Å²) in [6.45, 7) is 4.25. The lowest BCUT2D eigenvalue weighted by Gasteiger charge is -2.39. The molecule has 0 amide bonds. The van der Waals surface area contributed by atoms with Crippen LogP contribution in [0, 0.1) is 5.82 Å². The number of piperidine rings is 2. The average Bonchev–Trinajstić information content (AvgIpc) is 2.74. The lowest BCUT2D eigenvalue weighted by molar-refractivity contribution is 0.485. The molecular formula is C22H29FN4. The Hall–Kier alpha value is -2.30. The molecule has 4 nitrogen and oxygen atoms in total. The fourth-order valence-corrected chi connectivity index (χ4v) is 4.31. The van der Waals surface area contributed by atoms with E-state index < -0.39 is 0 Å². The standard InChI is InChI=1S/C22H29FN4/c1-25(19-8-5-7-18(23)15-19)21-9-6-14-27(17-21)22-16-20(10-11-24-22)26-12-3-2-4-13-26/h5,7-8,10-11,15-16,21H,2-4,6,9,12-14,17H2,1H3/t21-/m1/s1. The van der Waals surface area contributed by atoms with E-state index in [1.165, 1.54) is 31.0 Å². The second-order valence-electron chi connectivity index (χ2n) is 7.75. The smallest absolute Gasteiger partial charge is 0.130 e. The van der Waals surface area contributed by atoms with Crippen molar-refractivity contribution in [3.8, 4) is 0 Å². The number of anilines is 3. The van der Waals surface area contributed by atoms with Crippen molar-refractivity contribution in [1.82, 2.24) is 4.98 Å². The summed E-state index contributed by atoms with van der Waals surface area (Å²) in [5, 5.41) is 0. The first-order valence-electron chi connectivity index (χ1n) is 10.1. The van der Waals surface area contributed by atoms with Gasteiger partial charge in [0.2, 0.25) is 0 Å². The van der Waals surface area contributed by atoms with Crippen molar-refractivity contribution in [2.24, 2.45) is 0 Å². The predicted octanol–water partition coefficient (Wildman–Crippen LogP) is 4.32. The molecule has 2 aromatic rings. The lowest BCUT2D eigenvalue weighted by atomic mass is 10.0. The molecule has 0 spiro atoms. The van der Waals surface area contributed by atoms with Gasteiger partial charge < -0.3 is 14.7 Å². The molecule has 2 aliphatic rings. The number of likely N-dealkylation sites (N-methyl/N-ethyl adjacent to an activating group) is 1. The number of pyridine rings is 1. The van der Waals surface area contributed by atoms with Gasteiger partial charge in [-0.3, -0.25) is 0 Å². The maximum absolute atomic E-state index is 13.6. The summed E-state index contributed by atoms with van der Waals surface area (Å²) in [4.78, 5) is 11.7.